The summed E-state index contributed by atoms with van der Waals surface area (Å²) in [5.74, 6) is 0.162. The lowest BCUT2D eigenvalue weighted by atomic mass is 10.0. The molecule has 0 amide bonds. The molecular weight excluding hydrogens is 236 g/mol. The summed E-state index contributed by atoms with van der Waals surface area (Å²) >= 11 is 0. The highest BCUT2D eigenvalue weighted by atomic mass is 32.2. The van der Waals surface area contributed by atoms with Crippen LogP contribution in [0.15, 0.2) is 35.2 Å². The molecule has 4 heteroatoms. The molecule has 0 bridgehead atoms. The Bertz CT molecular complexity index is 473. The first-order valence-electron chi connectivity index (χ1n) is 5.89. The Morgan fingerprint density at radius 3 is 2.35 bits per heavy atom. The van der Waals surface area contributed by atoms with Gasteiger partial charge in [0.25, 0.3) is 0 Å². The van der Waals surface area contributed by atoms with Crippen molar-refractivity contribution < 1.29 is 13.5 Å². The Hall–Kier alpha value is -0.870. The number of sulfone groups is 1. The molecule has 0 saturated heterocycles. The predicted molar refractivity (Wildman–Crippen MR) is 66.5 cm³/mol. The summed E-state index contributed by atoms with van der Waals surface area (Å²) in [5.41, 5.74) is -0.178. The van der Waals surface area contributed by atoms with Crippen LogP contribution in [0.3, 0.4) is 0 Å². The van der Waals surface area contributed by atoms with Gasteiger partial charge in [-0.15, -0.1) is 0 Å². The second-order valence-corrected chi connectivity index (χ2v) is 7.11. The summed E-state index contributed by atoms with van der Waals surface area (Å²) in [5, 5.41) is 9.40. The fourth-order valence-electron chi connectivity index (χ4n) is 2.33. The van der Waals surface area contributed by atoms with Gasteiger partial charge in [0.1, 0.15) is 0 Å². The van der Waals surface area contributed by atoms with Crippen molar-refractivity contribution >= 4 is 9.84 Å². The van der Waals surface area contributed by atoms with Crippen molar-refractivity contribution in [3.63, 3.8) is 0 Å². The lowest BCUT2D eigenvalue weighted by Gasteiger charge is -2.16. The highest BCUT2D eigenvalue weighted by molar-refractivity contribution is 7.91. The lowest BCUT2D eigenvalue weighted by Crippen LogP contribution is -2.21. The topological polar surface area (TPSA) is 54.4 Å². The first kappa shape index (κ1) is 12.6. The smallest absolute Gasteiger partial charge is 0.178 e. The molecule has 0 heterocycles. The Labute approximate surface area is 102 Å². The summed E-state index contributed by atoms with van der Waals surface area (Å²) in [7, 11) is -3.21. The molecule has 17 heavy (non-hydrogen) atoms. The van der Waals surface area contributed by atoms with Crippen LogP contribution in [-0.2, 0) is 9.84 Å². The van der Waals surface area contributed by atoms with Gasteiger partial charge in [-0.05, 0) is 43.7 Å². The van der Waals surface area contributed by atoms with Crippen LogP contribution >= 0.6 is 0 Å². The fourth-order valence-corrected chi connectivity index (χ4v) is 4.28. The molecule has 0 radical (unpaired) electrons. The molecule has 1 aromatic carbocycles. The van der Waals surface area contributed by atoms with E-state index in [4.69, 9.17) is 0 Å². The molecule has 0 aromatic heterocycles. The van der Waals surface area contributed by atoms with Gasteiger partial charge < -0.3 is 5.11 Å². The van der Waals surface area contributed by atoms with Crippen LogP contribution < -0.4 is 0 Å². The average Bonchev–Trinajstić information content (AvgIpc) is 2.97. The third kappa shape index (κ3) is 3.07. The molecule has 1 atom stereocenters. The summed E-state index contributed by atoms with van der Waals surface area (Å²) in [6.45, 7) is 1.72. The molecule has 0 spiro atoms. The van der Waals surface area contributed by atoms with E-state index in [-0.39, 0.29) is 11.2 Å². The van der Waals surface area contributed by atoms with Gasteiger partial charge in [-0.2, -0.15) is 0 Å². The highest BCUT2D eigenvalue weighted by Crippen LogP contribution is 2.51. The van der Waals surface area contributed by atoms with Gasteiger partial charge in [-0.3, -0.25) is 0 Å². The van der Waals surface area contributed by atoms with E-state index in [9.17, 15) is 13.5 Å². The maximum Gasteiger partial charge on any atom is 0.178 e. The number of aliphatic hydroxyl groups excluding tert-OH is 1. The molecule has 2 rings (SSSR count). The molecule has 1 fully saturated rings. The Balaban J connectivity index is 2.14. The van der Waals surface area contributed by atoms with Gasteiger partial charge >= 0.3 is 0 Å². The molecule has 1 saturated carbocycles. The maximum atomic E-state index is 12.2. The summed E-state index contributed by atoms with van der Waals surface area (Å²) in [6.07, 6.45) is 1.97. The van der Waals surface area contributed by atoms with Crippen LogP contribution in [0.1, 0.15) is 26.2 Å². The number of hydrogen-bond acceptors (Lipinski definition) is 3. The predicted octanol–water partition coefficient (Wildman–Crippen LogP) is 2.01. The second kappa shape index (κ2) is 4.42. The van der Waals surface area contributed by atoms with Crippen LogP contribution in [0.5, 0.6) is 0 Å². The van der Waals surface area contributed by atoms with Gasteiger partial charge in [-0.25, -0.2) is 8.42 Å². The molecule has 94 valence electrons. The van der Waals surface area contributed by atoms with Gasteiger partial charge in [-0.1, -0.05) is 18.2 Å². The lowest BCUT2D eigenvalue weighted by molar-refractivity contribution is 0.159. The Kier molecular flexibility index (Phi) is 3.27. The van der Waals surface area contributed by atoms with Crippen LogP contribution in [0.4, 0.5) is 0 Å². The van der Waals surface area contributed by atoms with Gasteiger partial charge in [0.2, 0.25) is 0 Å². The summed E-state index contributed by atoms with van der Waals surface area (Å²) in [4.78, 5) is 0.386. The molecule has 1 unspecified atom stereocenters. The minimum absolute atomic E-state index is 0.162. The van der Waals surface area contributed by atoms with Crippen molar-refractivity contribution in [1.82, 2.24) is 0 Å². The van der Waals surface area contributed by atoms with Crippen molar-refractivity contribution in [2.24, 2.45) is 5.41 Å². The number of hydrogen-bond donors (Lipinski definition) is 1. The zero-order chi connectivity index (χ0) is 12.5. The van der Waals surface area contributed by atoms with E-state index >= 15 is 0 Å². The average molecular weight is 254 g/mol. The molecule has 1 aliphatic rings. The first-order chi connectivity index (χ1) is 7.94. The minimum atomic E-state index is -3.21. The minimum Gasteiger partial charge on any atom is -0.393 e. The molecule has 1 aliphatic carbocycles. The van der Waals surface area contributed by atoms with Crippen molar-refractivity contribution in [1.29, 1.82) is 0 Å². The van der Waals surface area contributed by atoms with E-state index in [1.165, 1.54) is 0 Å². The highest BCUT2D eigenvalue weighted by Gasteiger charge is 2.46. The molecule has 0 aliphatic heterocycles. The largest absolute Gasteiger partial charge is 0.393 e. The van der Waals surface area contributed by atoms with Crippen LogP contribution in [0.2, 0.25) is 0 Å². The van der Waals surface area contributed by atoms with Gasteiger partial charge in [0.15, 0.2) is 9.84 Å². The van der Waals surface area contributed by atoms with Crippen molar-refractivity contribution in [3.8, 4) is 0 Å². The van der Waals surface area contributed by atoms with Crippen molar-refractivity contribution in [3.05, 3.63) is 30.3 Å². The fraction of sp³-hybridized carbons (Fsp3) is 0.538. The third-order valence-corrected chi connectivity index (χ3v) is 5.27. The van der Waals surface area contributed by atoms with Crippen LogP contribution in [0, 0.1) is 5.41 Å². The number of rotatable bonds is 5. The van der Waals surface area contributed by atoms with Crippen LogP contribution in [0.25, 0.3) is 0 Å². The van der Waals surface area contributed by atoms with Crippen LogP contribution in [-0.4, -0.2) is 25.4 Å². The summed E-state index contributed by atoms with van der Waals surface area (Å²) < 4.78 is 24.4. The van der Waals surface area contributed by atoms with Crippen molar-refractivity contribution in [2.45, 2.75) is 37.2 Å². The van der Waals surface area contributed by atoms with E-state index < -0.39 is 15.9 Å². The van der Waals surface area contributed by atoms with Gasteiger partial charge in [0, 0.05) is 0 Å². The summed E-state index contributed by atoms with van der Waals surface area (Å²) in [6, 6.07) is 8.55. The zero-order valence-electron chi connectivity index (χ0n) is 9.96. The van der Waals surface area contributed by atoms with E-state index in [0.29, 0.717) is 11.3 Å². The molecular formula is C13H18O3S. The third-order valence-electron chi connectivity index (χ3n) is 3.28. The molecule has 1 aromatic rings. The SMILES string of the molecule is CC(O)CC1(CS(=O)(=O)c2ccccc2)CC1. The van der Waals surface area contributed by atoms with E-state index in [1.807, 2.05) is 6.07 Å². The van der Waals surface area contributed by atoms with Crippen molar-refractivity contribution in [2.75, 3.05) is 5.75 Å². The van der Waals surface area contributed by atoms with E-state index in [2.05, 4.69) is 0 Å². The maximum absolute atomic E-state index is 12.2. The first-order valence-corrected chi connectivity index (χ1v) is 7.55. The zero-order valence-corrected chi connectivity index (χ0v) is 10.8. The number of aliphatic hydroxyl groups is 1. The van der Waals surface area contributed by atoms with Gasteiger partial charge in [0.05, 0.1) is 16.8 Å². The normalized spacial score (nSPS) is 19.9. The quantitative estimate of drug-likeness (QED) is 0.874. The molecule has 1 N–H and O–H groups in total. The standard InChI is InChI=1S/C13H18O3S/c1-11(14)9-13(7-8-13)10-17(15,16)12-5-3-2-4-6-12/h2-6,11,14H,7-10H2,1H3. The van der Waals surface area contributed by atoms with E-state index in [1.54, 1.807) is 31.2 Å². The van der Waals surface area contributed by atoms with E-state index in [0.717, 1.165) is 12.8 Å². The Morgan fingerprint density at radius 2 is 1.88 bits per heavy atom. The Morgan fingerprint density at radius 1 is 1.29 bits per heavy atom. The number of benzene rings is 1. The molecule has 3 nitrogen and oxygen atoms in total. The second-order valence-electron chi connectivity index (χ2n) is 5.13. The monoisotopic (exact) mass is 254 g/mol.